The third kappa shape index (κ3) is 3.12. The van der Waals surface area contributed by atoms with Gasteiger partial charge in [0.1, 0.15) is 0 Å². The van der Waals surface area contributed by atoms with E-state index in [1.165, 1.54) is 19.3 Å². The number of rotatable bonds is 2. The van der Waals surface area contributed by atoms with Gasteiger partial charge in [0.2, 0.25) is 5.91 Å². The first-order valence-corrected chi connectivity index (χ1v) is 7.93. The third-order valence-corrected chi connectivity index (χ3v) is 5.34. The lowest BCUT2D eigenvalue weighted by Crippen LogP contribution is -2.50. The average molecular weight is 302 g/mol. The Balaban J connectivity index is 0.00000147. The Morgan fingerprint density at radius 3 is 2.45 bits per heavy atom. The quantitative estimate of drug-likeness (QED) is 0.839. The smallest absolute Gasteiger partial charge is 0.228 e. The summed E-state index contributed by atoms with van der Waals surface area (Å²) in [6.45, 7) is 8.61. The second-order valence-corrected chi connectivity index (χ2v) is 6.75. The molecule has 2 heterocycles. The molecular formula is C15H28ClN3O. The van der Waals surface area contributed by atoms with E-state index in [1.54, 1.807) is 0 Å². The fraction of sp³-hybridized carbons (Fsp3) is 0.933. The van der Waals surface area contributed by atoms with Crippen molar-refractivity contribution in [2.24, 2.45) is 5.41 Å². The highest BCUT2D eigenvalue weighted by molar-refractivity contribution is 5.85. The van der Waals surface area contributed by atoms with Gasteiger partial charge < -0.3 is 10.2 Å². The first kappa shape index (κ1) is 16.1. The van der Waals surface area contributed by atoms with E-state index < -0.39 is 0 Å². The summed E-state index contributed by atoms with van der Waals surface area (Å²) in [6.07, 6.45) is 5.83. The van der Waals surface area contributed by atoms with Crippen LogP contribution in [-0.2, 0) is 4.79 Å². The first-order valence-electron chi connectivity index (χ1n) is 7.93. The van der Waals surface area contributed by atoms with Gasteiger partial charge in [-0.05, 0) is 19.3 Å². The predicted octanol–water partition coefficient (Wildman–Crippen LogP) is 1.49. The summed E-state index contributed by atoms with van der Waals surface area (Å²) in [7, 11) is 0. The number of halogens is 1. The second-order valence-electron chi connectivity index (χ2n) is 6.75. The van der Waals surface area contributed by atoms with E-state index in [0.717, 1.165) is 52.1 Å². The van der Waals surface area contributed by atoms with Gasteiger partial charge in [-0.1, -0.05) is 19.8 Å². The molecule has 4 nitrogen and oxygen atoms in total. The fourth-order valence-electron chi connectivity index (χ4n) is 4.02. The molecule has 116 valence electrons. The maximum absolute atomic E-state index is 12.7. The Bertz CT molecular complexity index is 338. The van der Waals surface area contributed by atoms with Gasteiger partial charge >= 0.3 is 0 Å². The van der Waals surface area contributed by atoms with E-state index in [-0.39, 0.29) is 17.8 Å². The van der Waals surface area contributed by atoms with Crippen molar-refractivity contribution in [1.29, 1.82) is 0 Å². The van der Waals surface area contributed by atoms with Crippen molar-refractivity contribution in [2.75, 3.05) is 39.3 Å². The van der Waals surface area contributed by atoms with E-state index in [4.69, 9.17) is 0 Å². The Morgan fingerprint density at radius 2 is 1.80 bits per heavy atom. The van der Waals surface area contributed by atoms with Crippen molar-refractivity contribution in [3.63, 3.8) is 0 Å². The molecule has 3 fully saturated rings. The minimum atomic E-state index is -0.0433. The minimum absolute atomic E-state index is 0. The molecule has 1 atom stereocenters. The van der Waals surface area contributed by atoms with Crippen molar-refractivity contribution in [3.05, 3.63) is 0 Å². The molecule has 1 aliphatic carbocycles. The Kier molecular flexibility index (Phi) is 5.32. The normalized spacial score (nSPS) is 30.2. The number of nitrogens with one attached hydrogen (secondary N) is 1. The topological polar surface area (TPSA) is 35.6 Å². The molecule has 5 heteroatoms. The molecule has 2 saturated heterocycles. The SMILES string of the molecule is CC1(C(=O)N2CCC(N3CCNCC3)C2)CCCC1.Cl. The second kappa shape index (κ2) is 6.63. The summed E-state index contributed by atoms with van der Waals surface area (Å²) in [5.41, 5.74) is -0.0433. The molecule has 1 N–H and O–H groups in total. The molecule has 0 bridgehead atoms. The molecular weight excluding hydrogens is 274 g/mol. The first-order chi connectivity index (χ1) is 9.19. The molecule has 1 amide bonds. The van der Waals surface area contributed by atoms with Crippen LogP contribution in [0.3, 0.4) is 0 Å². The van der Waals surface area contributed by atoms with Crippen LogP contribution in [-0.4, -0.2) is 61.0 Å². The van der Waals surface area contributed by atoms with E-state index in [2.05, 4.69) is 22.0 Å². The number of likely N-dealkylation sites (tertiary alicyclic amines) is 1. The van der Waals surface area contributed by atoms with Crippen molar-refractivity contribution in [1.82, 2.24) is 15.1 Å². The molecule has 20 heavy (non-hydrogen) atoms. The third-order valence-electron chi connectivity index (χ3n) is 5.34. The molecule has 0 spiro atoms. The van der Waals surface area contributed by atoms with E-state index >= 15 is 0 Å². The zero-order chi connectivity index (χ0) is 13.3. The Labute approximate surface area is 128 Å². The number of carbonyl (C=O) groups excluding carboxylic acids is 1. The van der Waals surface area contributed by atoms with Crippen LogP contribution in [0.4, 0.5) is 0 Å². The standard InChI is InChI=1S/C15H27N3O.ClH/c1-15(5-2-3-6-15)14(19)18-9-4-13(12-18)17-10-7-16-8-11-17;/h13,16H,2-12H2,1H3;1H. The average Bonchev–Trinajstić information content (AvgIpc) is 3.09. The van der Waals surface area contributed by atoms with Crippen LogP contribution in [0, 0.1) is 5.41 Å². The maximum Gasteiger partial charge on any atom is 0.228 e. The largest absolute Gasteiger partial charge is 0.341 e. The molecule has 0 aromatic rings. The van der Waals surface area contributed by atoms with Gasteiger partial charge in [0.25, 0.3) is 0 Å². The van der Waals surface area contributed by atoms with Gasteiger partial charge in [0, 0.05) is 50.7 Å². The fourth-order valence-corrected chi connectivity index (χ4v) is 4.02. The van der Waals surface area contributed by atoms with Gasteiger partial charge in [-0.15, -0.1) is 12.4 Å². The van der Waals surface area contributed by atoms with E-state index in [9.17, 15) is 4.79 Å². The molecule has 2 aliphatic heterocycles. The highest BCUT2D eigenvalue weighted by atomic mass is 35.5. The van der Waals surface area contributed by atoms with Crippen molar-refractivity contribution in [2.45, 2.75) is 45.1 Å². The monoisotopic (exact) mass is 301 g/mol. The number of carbonyl (C=O) groups is 1. The van der Waals surface area contributed by atoms with Gasteiger partial charge in [-0.3, -0.25) is 9.69 Å². The number of piperazine rings is 1. The Morgan fingerprint density at radius 1 is 1.15 bits per heavy atom. The van der Waals surface area contributed by atoms with Crippen LogP contribution >= 0.6 is 12.4 Å². The Hall–Kier alpha value is -0.320. The van der Waals surface area contributed by atoms with Crippen LogP contribution in [0.15, 0.2) is 0 Å². The van der Waals surface area contributed by atoms with Crippen molar-refractivity contribution >= 4 is 18.3 Å². The van der Waals surface area contributed by atoms with Crippen molar-refractivity contribution < 1.29 is 4.79 Å². The molecule has 0 aromatic carbocycles. The summed E-state index contributed by atoms with van der Waals surface area (Å²) in [5, 5.41) is 3.40. The van der Waals surface area contributed by atoms with Crippen LogP contribution in [0.5, 0.6) is 0 Å². The summed E-state index contributed by atoms with van der Waals surface area (Å²) >= 11 is 0. The van der Waals surface area contributed by atoms with Crippen LogP contribution in [0.1, 0.15) is 39.0 Å². The summed E-state index contributed by atoms with van der Waals surface area (Å²) in [6, 6.07) is 0.607. The zero-order valence-electron chi connectivity index (χ0n) is 12.6. The molecule has 3 aliphatic rings. The van der Waals surface area contributed by atoms with E-state index in [0.29, 0.717) is 11.9 Å². The molecule has 3 rings (SSSR count). The van der Waals surface area contributed by atoms with Gasteiger partial charge in [0.15, 0.2) is 0 Å². The predicted molar refractivity (Wildman–Crippen MR) is 83.3 cm³/mol. The molecule has 1 saturated carbocycles. The summed E-state index contributed by atoms with van der Waals surface area (Å²) < 4.78 is 0. The number of amides is 1. The highest BCUT2D eigenvalue weighted by Gasteiger charge is 2.41. The van der Waals surface area contributed by atoms with Gasteiger partial charge in [-0.2, -0.15) is 0 Å². The van der Waals surface area contributed by atoms with E-state index in [1.807, 2.05) is 0 Å². The highest BCUT2D eigenvalue weighted by Crippen LogP contribution is 2.39. The molecule has 1 unspecified atom stereocenters. The zero-order valence-corrected chi connectivity index (χ0v) is 13.4. The summed E-state index contributed by atoms with van der Waals surface area (Å²) in [4.78, 5) is 17.4. The van der Waals surface area contributed by atoms with Gasteiger partial charge in [-0.25, -0.2) is 0 Å². The number of hydrogen-bond acceptors (Lipinski definition) is 3. The minimum Gasteiger partial charge on any atom is -0.341 e. The van der Waals surface area contributed by atoms with Crippen molar-refractivity contribution in [3.8, 4) is 0 Å². The lowest BCUT2D eigenvalue weighted by Gasteiger charge is -2.33. The van der Waals surface area contributed by atoms with Gasteiger partial charge in [0.05, 0.1) is 0 Å². The van der Waals surface area contributed by atoms with Crippen LogP contribution in [0.2, 0.25) is 0 Å². The van der Waals surface area contributed by atoms with Crippen LogP contribution < -0.4 is 5.32 Å². The maximum atomic E-state index is 12.7. The summed E-state index contributed by atoms with van der Waals surface area (Å²) in [5.74, 6) is 0.433. The lowest BCUT2D eigenvalue weighted by molar-refractivity contribution is -0.140. The molecule has 0 aromatic heterocycles. The lowest BCUT2D eigenvalue weighted by atomic mass is 9.87. The van der Waals surface area contributed by atoms with Crippen LogP contribution in [0.25, 0.3) is 0 Å². The number of hydrogen-bond donors (Lipinski definition) is 1. The number of nitrogens with zero attached hydrogens (tertiary/aromatic N) is 2. The molecule has 0 radical (unpaired) electrons.